The fourth-order valence-corrected chi connectivity index (χ4v) is 1.62. The Hall–Kier alpha value is -0.370. The van der Waals surface area contributed by atoms with E-state index in [9.17, 15) is 0 Å². The molecule has 0 fully saturated rings. The Labute approximate surface area is 73.5 Å². The molecule has 0 N–H and O–H groups in total. The van der Waals surface area contributed by atoms with Crippen LogP contribution in [0.15, 0.2) is 6.20 Å². The summed E-state index contributed by atoms with van der Waals surface area (Å²) in [7, 11) is 0. The Morgan fingerprint density at radius 2 is 2.09 bits per heavy atom. The van der Waals surface area contributed by atoms with Gasteiger partial charge in [0.05, 0.1) is 5.01 Å². The standard InChI is InChI=1S/C7H11NS.C2H6/c1-3-4-7-8-5-6(2)9-7;1-2/h5H,3-4H2,1-2H3;1-2H3. The second kappa shape index (κ2) is 6.35. The Kier molecular flexibility index (Phi) is 6.13. The monoisotopic (exact) mass is 171 g/mol. The van der Waals surface area contributed by atoms with Crippen LogP contribution in [0.3, 0.4) is 0 Å². The molecule has 1 aromatic rings. The molecule has 0 aliphatic carbocycles. The summed E-state index contributed by atoms with van der Waals surface area (Å²) in [6.45, 7) is 8.27. The maximum Gasteiger partial charge on any atom is 0.0927 e. The first-order valence-electron chi connectivity index (χ1n) is 4.24. The molecule has 0 amide bonds. The third-order valence-electron chi connectivity index (χ3n) is 1.13. The van der Waals surface area contributed by atoms with Crippen molar-refractivity contribution in [1.82, 2.24) is 4.98 Å². The molecule has 0 spiro atoms. The largest absolute Gasteiger partial charge is 0.249 e. The average Bonchev–Trinajstić information content (AvgIpc) is 2.41. The summed E-state index contributed by atoms with van der Waals surface area (Å²) < 4.78 is 0. The lowest BCUT2D eigenvalue weighted by atomic mass is 10.4. The SMILES string of the molecule is CC.CCCc1ncc(C)s1. The van der Waals surface area contributed by atoms with E-state index in [2.05, 4.69) is 18.8 Å². The summed E-state index contributed by atoms with van der Waals surface area (Å²) in [6, 6.07) is 0. The average molecular weight is 171 g/mol. The molecule has 0 atom stereocenters. The van der Waals surface area contributed by atoms with E-state index < -0.39 is 0 Å². The quantitative estimate of drug-likeness (QED) is 0.664. The fourth-order valence-electron chi connectivity index (χ4n) is 0.731. The van der Waals surface area contributed by atoms with Gasteiger partial charge in [-0.3, -0.25) is 0 Å². The third kappa shape index (κ3) is 4.14. The second-order valence-electron chi connectivity index (χ2n) is 2.11. The highest BCUT2D eigenvalue weighted by molar-refractivity contribution is 7.11. The number of rotatable bonds is 2. The number of aromatic nitrogens is 1. The summed E-state index contributed by atoms with van der Waals surface area (Å²) in [5.41, 5.74) is 0. The van der Waals surface area contributed by atoms with Crippen molar-refractivity contribution in [2.45, 2.75) is 40.5 Å². The van der Waals surface area contributed by atoms with Crippen molar-refractivity contribution in [3.63, 3.8) is 0 Å². The number of thiazole rings is 1. The molecule has 0 bridgehead atoms. The summed E-state index contributed by atoms with van der Waals surface area (Å²) in [6.07, 6.45) is 4.28. The van der Waals surface area contributed by atoms with Crippen molar-refractivity contribution in [1.29, 1.82) is 0 Å². The van der Waals surface area contributed by atoms with Crippen LogP contribution in [0, 0.1) is 6.92 Å². The Bertz CT molecular complexity index is 181. The first kappa shape index (κ1) is 10.6. The Morgan fingerprint density at radius 1 is 1.45 bits per heavy atom. The van der Waals surface area contributed by atoms with Gasteiger partial charge in [-0.25, -0.2) is 4.98 Å². The lowest BCUT2D eigenvalue weighted by molar-refractivity contribution is 0.909. The molecule has 0 saturated carbocycles. The lowest BCUT2D eigenvalue weighted by Crippen LogP contribution is -1.76. The summed E-state index contributed by atoms with van der Waals surface area (Å²) >= 11 is 1.80. The topological polar surface area (TPSA) is 12.9 Å². The third-order valence-corrected chi connectivity index (χ3v) is 2.11. The van der Waals surface area contributed by atoms with Crippen LogP contribution in [-0.4, -0.2) is 4.98 Å². The molecule has 0 saturated heterocycles. The zero-order chi connectivity index (χ0) is 8.69. The van der Waals surface area contributed by atoms with Crippen LogP contribution in [0.4, 0.5) is 0 Å². The normalized spacial score (nSPS) is 8.73. The maximum absolute atomic E-state index is 4.22. The smallest absolute Gasteiger partial charge is 0.0927 e. The fraction of sp³-hybridized carbons (Fsp3) is 0.667. The van der Waals surface area contributed by atoms with Gasteiger partial charge in [-0.2, -0.15) is 0 Å². The van der Waals surface area contributed by atoms with E-state index in [1.165, 1.54) is 16.3 Å². The highest BCUT2D eigenvalue weighted by Gasteiger charge is 1.94. The van der Waals surface area contributed by atoms with Gasteiger partial charge >= 0.3 is 0 Å². The van der Waals surface area contributed by atoms with Crippen LogP contribution in [-0.2, 0) is 6.42 Å². The Balaban J connectivity index is 0.000000461. The summed E-state index contributed by atoms with van der Waals surface area (Å²) in [4.78, 5) is 5.54. The second-order valence-corrected chi connectivity index (χ2v) is 3.43. The van der Waals surface area contributed by atoms with Gasteiger partial charge in [0.25, 0.3) is 0 Å². The van der Waals surface area contributed by atoms with E-state index in [1.807, 2.05) is 20.0 Å². The van der Waals surface area contributed by atoms with Gasteiger partial charge in [-0.15, -0.1) is 11.3 Å². The minimum absolute atomic E-state index is 1.14. The van der Waals surface area contributed by atoms with E-state index in [0.29, 0.717) is 0 Å². The molecule has 64 valence electrons. The molecule has 1 nitrogen and oxygen atoms in total. The first-order chi connectivity index (χ1) is 5.33. The van der Waals surface area contributed by atoms with Crippen molar-refractivity contribution in [2.24, 2.45) is 0 Å². The van der Waals surface area contributed by atoms with Gasteiger partial charge in [0.1, 0.15) is 0 Å². The lowest BCUT2D eigenvalue weighted by Gasteiger charge is -1.85. The van der Waals surface area contributed by atoms with E-state index in [0.717, 1.165) is 6.42 Å². The zero-order valence-electron chi connectivity index (χ0n) is 7.85. The van der Waals surface area contributed by atoms with E-state index in [-0.39, 0.29) is 0 Å². The number of hydrogen-bond acceptors (Lipinski definition) is 2. The van der Waals surface area contributed by atoms with Crippen LogP contribution in [0.5, 0.6) is 0 Å². The minimum atomic E-state index is 1.14. The molecule has 0 aliphatic rings. The minimum Gasteiger partial charge on any atom is -0.249 e. The van der Waals surface area contributed by atoms with Gasteiger partial charge in [-0.05, 0) is 19.8 Å². The Morgan fingerprint density at radius 3 is 2.45 bits per heavy atom. The van der Waals surface area contributed by atoms with Crippen molar-refractivity contribution < 1.29 is 0 Å². The van der Waals surface area contributed by atoms with Gasteiger partial charge in [0.15, 0.2) is 0 Å². The number of nitrogens with zero attached hydrogens (tertiary/aromatic N) is 1. The summed E-state index contributed by atoms with van der Waals surface area (Å²) in [5.74, 6) is 0. The van der Waals surface area contributed by atoms with E-state index >= 15 is 0 Å². The van der Waals surface area contributed by atoms with Crippen molar-refractivity contribution in [3.05, 3.63) is 16.1 Å². The molecule has 11 heavy (non-hydrogen) atoms. The van der Waals surface area contributed by atoms with Crippen LogP contribution in [0.2, 0.25) is 0 Å². The van der Waals surface area contributed by atoms with Crippen LogP contribution < -0.4 is 0 Å². The van der Waals surface area contributed by atoms with E-state index in [4.69, 9.17) is 0 Å². The number of aryl methyl sites for hydroxylation is 2. The van der Waals surface area contributed by atoms with Crippen LogP contribution in [0.25, 0.3) is 0 Å². The molecule has 1 aromatic heterocycles. The first-order valence-corrected chi connectivity index (χ1v) is 5.06. The zero-order valence-corrected chi connectivity index (χ0v) is 8.66. The summed E-state index contributed by atoms with van der Waals surface area (Å²) in [5, 5.41) is 1.27. The molecule has 1 heterocycles. The molecule has 0 aliphatic heterocycles. The molecule has 0 radical (unpaired) electrons. The predicted octanol–water partition coefficient (Wildman–Crippen LogP) is 3.43. The van der Waals surface area contributed by atoms with Gasteiger partial charge in [0, 0.05) is 11.1 Å². The molecule has 0 unspecified atom stereocenters. The van der Waals surface area contributed by atoms with Gasteiger partial charge in [0.2, 0.25) is 0 Å². The maximum atomic E-state index is 4.22. The van der Waals surface area contributed by atoms with Crippen molar-refractivity contribution in [3.8, 4) is 0 Å². The van der Waals surface area contributed by atoms with Gasteiger partial charge in [-0.1, -0.05) is 20.8 Å². The van der Waals surface area contributed by atoms with Crippen molar-refractivity contribution in [2.75, 3.05) is 0 Å². The highest BCUT2D eigenvalue weighted by atomic mass is 32.1. The van der Waals surface area contributed by atoms with Crippen LogP contribution in [0.1, 0.15) is 37.1 Å². The molecular weight excluding hydrogens is 154 g/mol. The molecular formula is C9H17NS. The molecule has 1 rings (SSSR count). The molecule has 0 aromatic carbocycles. The molecule has 2 heteroatoms. The van der Waals surface area contributed by atoms with E-state index in [1.54, 1.807) is 11.3 Å². The number of hydrogen-bond donors (Lipinski definition) is 0. The van der Waals surface area contributed by atoms with Gasteiger partial charge < -0.3 is 0 Å². The van der Waals surface area contributed by atoms with Crippen molar-refractivity contribution >= 4 is 11.3 Å². The van der Waals surface area contributed by atoms with Crippen LogP contribution >= 0.6 is 11.3 Å². The highest BCUT2D eigenvalue weighted by Crippen LogP contribution is 2.12. The predicted molar refractivity (Wildman–Crippen MR) is 52.2 cm³/mol.